The number of allylic oxidation sites excluding steroid dienone is 4. The molecular weight excluding hydrogens is 350 g/mol. The van der Waals surface area contributed by atoms with Gasteiger partial charge in [-0.15, -0.1) is 0 Å². The third-order valence-corrected chi connectivity index (χ3v) is 4.74. The zero-order chi connectivity index (χ0) is 20.5. The summed E-state index contributed by atoms with van der Waals surface area (Å²) in [5.41, 5.74) is 0.667. The summed E-state index contributed by atoms with van der Waals surface area (Å²) in [6, 6.07) is 1.70. The molecule has 1 aromatic rings. The third-order valence-electron chi connectivity index (χ3n) is 4.74. The molecule has 0 spiro atoms. The number of nitrogens with zero attached hydrogens (tertiary/aromatic N) is 1. The van der Waals surface area contributed by atoms with E-state index in [1.165, 1.54) is 43.1 Å². The van der Waals surface area contributed by atoms with Crippen molar-refractivity contribution in [2.24, 2.45) is 0 Å². The highest BCUT2D eigenvalue weighted by atomic mass is 16.4. The summed E-state index contributed by atoms with van der Waals surface area (Å²) < 4.78 is 1.52. The zero-order valence-corrected chi connectivity index (χ0v) is 17.4. The summed E-state index contributed by atoms with van der Waals surface area (Å²) >= 11 is 0. The largest absolute Gasteiger partial charge is 0.481 e. The molecule has 0 aliphatic rings. The molecule has 1 N–H and O–H groups in total. The van der Waals surface area contributed by atoms with Crippen molar-refractivity contribution >= 4 is 11.9 Å². The summed E-state index contributed by atoms with van der Waals surface area (Å²) in [5, 5.41) is 8.77. The van der Waals surface area contributed by atoms with Gasteiger partial charge in [0.2, 0.25) is 5.91 Å². The first-order valence-corrected chi connectivity index (χ1v) is 10.8. The van der Waals surface area contributed by atoms with Crippen LogP contribution >= 0.6 is 0 Å². The Bertz CT molecular complexity index is 613. The van der Waals surface area contributed by atoms with Crippen LogP contribution in [0.5, 0.6) is 0 Å². The van der Waals surface area contributed by atoms with Crippen LogP contribution in [0.25, 0.3) is 0 Å². The van der Waals surface area contributed by atoms with Crippen LogP contribution in [0.15, 0.2) is 42.8 Å². The molecule has 0 bridgehead atoms. The van der Waals surface area contributed by atoms with Crippen LogP contribution in [0.4, 0.5) is 0 Å². The lowest BCUT2D eigenvalue weighted by Crippen LogP contribution is -2.08. The Balaban J connectivity index is 1.97. The number of unbranched alkanes of at least 4 members (excludes halogenated alkanes) is 8. The molecule has 4 heteroatoms. The van der Waals surface area contributed by atoms with Crippen molar-refractivity contribution in [1.29, 1.82) is 0 Å². The van der Waals surface area contributed by atoms with E-state index in [9.17, 15) is 9.59 Å². The van der Waals surface area contributed by atoms with E-state index in [1.54, 1.807) is 18.5 Å². The van der Waals surface area contributed by atoms with E-state index in [2.05, 4.69) is 31.2 Å². The second-order valence-electron chi connectivity index (χ2n) is 7.37. The summed E-state index contributed by atoms with van der Waals surface area (Å²) in [5.74, 6) is -0.832. The molecule has 0 saturated heterocycles. The zero-order valence-electron chi connectivity index (χ0n) is 17.4. The van der Waals surface area contributed by atoms with E-state index < -0.39 is 5.97 Å². The average molecular weight is 388 g/mol. The van der Waals surface area contributed by atoms with E-state index in [0.717, 1.165) is 32.1 Å². The lowest BCUT2D eigenvalue weighted by molar-refractivity contribution is -0.136. The van der Waals surface area contributed by atoms with Gasteiger partial charge in [-0.2, -0.15) is 0 Å². The molecule has 156 valence electrons. The SMILES string of the molecule is CCCCCC=CCC=CCCCCCCCC(=O)n1ccc(CC(=O)O)c1. The van der Waals surface area contributed by atoms with E-state index in [-0.39, 0.29) is 12.3 Å². The Labute approximate surface area is 170 Å². The Hall–Kier alpha value is -2.10. The second-order valence-corrected chi connectivity index (χ2v) is 7.37. The third kappa shape index (κ3) is 12.3. The van der Waals surface area contributed by atoms with Crippen LogP contribution < -0.4 is 0 Å². The first-order chi connectivity index (χ1) is 13.6. The molecule has 1 aromatic heterocycles. The van der Waals surface area contributed by atoms with Gasteiger partial charge in [-0.05, 0) is 50.2 Å². The predicted octanol–water partition coefficient (Wildman–Crippen LogP) is 6.57. The van der Waals surface area contributed by atoms with Crippen LogP contribution in [0.2, 0.25) is 0 Å². The van der Waals surface area contributed by atoms with Gasteiger partial charge in [0.25, 0.3) is 0 Å². The van der Waals surface area contributed by atoms with Gasteiger partial charge >= 0.3 is 5.97 Å². The summed E-state index contributed by atoms with van der Waals surface area (Å²) in [6.45, 7) is 2.23. The number of carboxylic acid groups (broad SMARTS) is 1. The van der Waals surface area contributed by atoms with Crippen molar-refractivity contribution in [2.75, 3.05) is 0 Å². The van der Waals surface area contributed by atoms with Gasteiger partial charge in [-0.3, -0.25) is 14.2 Å². The standard InChI is InChI=1S/C24H37NO3/c1-2-3-4-5-6-7-8-9-10-11-12-13-14-15-16-17-23(26)25-19-18-22(21-25)20-24(27)28/h6-7,9-10,18-19,21H,2-5,8,11-17,20H2,1H3,(H,27,28). The Morgan fingerprint density at radius 3 is 2.25 bits per heavy atom. The maximum absolute atomic E-state index is 12.1. The summed E-state index contributed by atoms with van der Waals surface area (Å²) in [4.78, 5) is 22.8. The van der Waals surface area contributed by atoms with Gasteiger partial charge in [0, 0.05) is 18.8 Å². The lowest BCUT2D eigenvalue weighted by Gasteiger charge is -2.02. The van der Waals surface area contributed by atoms with Crippen molar-refractivity contribution in [3.63, 3.8) is 0 Å². The Morgan fingerprint density at radius 2 is 1.57 bits per heavy atom. The van der Waals surface area contributed by atoms with Crippen molar-refractivity contribution in [3.8, 4) is 0 Å². The van der Waals surface area contributed by atoms with Crippen molar-refractivity contribution in [1.82, 2.24) is 4.57 Å². The molecule has 0 aliphatic heterocycles. The molecule has 28 heavy (non-hydrogen) atoms. The van der Waals surface area contributed by atoms with E-state index in [1.807, 2.05) is 0 Å². The van der Waals surface area contributed by atoms with Crippen molar-refractivity contribution in [2.45, 2.75) is 90.4 Å². The fraction of sp³-hybridized carbons (Fsp3) is 0.583. The normalized spacial score (nSPS) is 11.6. The topological polar surface area (TPSA) is 59.3 Å². The molecule has 0 saturated carbocycles. The number of hydrogen-bond donors (Lipinski definition) is 1. The highest BCUT2D eigenvalue weighted by molar-refractivity contribution is 5.79. The summed E-state index contributed by atoms with van der Waals surface area (Å²) in [7, 11) is 0. The van der Waals surface area contributed by atoms with E-state index in [0.29, 0.717) is 12.0 Å². The van der Waals surface area contributed by atoms with Gasteiger partial charge in [-0.25, -0.2) is 0 Å². The molecule has 0 radical (unpaired) electrons. The minimum absolute atomic E-state index is 0.0377. The maximum Gasteiger partial charge on any atom is 0.307 e. The van der Waals surface area contributed by atoms with Crippen LogP contribution in [0.1, 0.15) is 94.3 Å². The highest BCUT2D eigenvalue weighted by Gasteiger charge is 2.07. The van der Waals surface area contributed by atoms with Gasteiger partial charge in [0.15, 0.2) is 0 Å². The minimum atomic E-state index is -0.876. The number of carboxylic acids is 1. The minimum Gasteiger partial charge on any atom is -0.481 e. The Kier molecular flexibility index (Phi) is 13.6. The smallest absolute Gasteiger partial charge is 0.307 e. The molecule has 1 rings (SSSR count). The molecule has 0 amide bonds. The van der Waals surface area contributed by atoms with Crippen LogP contribution in [0.3, 0.4) is 0 Å². The molecule has 0 aromatic carbocycles. The summed E-state index contributed by atoms with van der Waals surface area (Å²) in [6.07, 6.45) is 25.7. The van der Waals surface area contributed by atoms with Crippen LogP contribution in [-0.2, 0) is 11.2 Å². The first-order valence-electron chi connectivity index (χ1n) is 10.8. The monoisotopic (exact) mass is 387 g/mol. The van der Waals surface area contributed by atoms with Gasteiger partial charge in [0.05, 0.1) is 6.42 Å². The lowest BCUT2D eigenvalue weighted by atomic mass is 10.1. The fourth-order valence-corrected chi connectivity index (χ4v) is 3.09. The van der Waals surface area contributed by atoms with Crippen LogP contribution in [0, 0.1) is 0 Å². The number of hydrogen-bond acceptors (Lipinski definition) is 2. The Morgan fingerprint density at radius 1 is 0.929 bits per heavy atom. The average Bonchev–Trinajstić information content (AvgIpc) is 3.12. The molecule has 0 unspecified atom stereocenters. The van der Waals surface area contributed by atoms with Gasteiger partial charge in [0.1, 0.15) is 0 Å². The number of rotatable bonds is 16. The maximum atomic E-state index is 12.1. The first kappa shape index (κ1) is 23.9. The molecule has 0 aliphatic carbocycles. The van der Waals surface area contributed by atoms with Crippen LogP contribution in [-0.4, -0.2) is 21.6 Å². The number of carbonyl (C=O) groups excluding carboxylic acids is 1. The quantitative estimate of drug-likeness (QED) is 0.258. The molecule has 0 fully saturated rings. The van der Waals surface area contributed by atoms with Gasteiger partial charge in [-0.1, -0.05) is 63.3 Å². The van der Waals surface area contributed by atoms with Crippen molar-refractivity contribution in [3.05, 3.63) is 48.3 Å². The predicted molar refractivity (Wildman–Crippen MR) is 116 cm³/mol. The molecular formula is C24H37NO3. The van der Waals surface area contributed by atoms with E-state index in [4.69, 9.17) is 5.11 Å². The fourth-order valence-electron chi connectivity index (χ4n) is 3.09. The molecule has 0 atom stereocenters. The molecule has 1 heterocycles. The number of aromatic nitrogens is 1. The van der Waals surface area contributed by atoms with Crippen molar-refractivity contribution < 1.29 is 14.7 Å². The van der Waals surface area contributed by atoms with Gasteiger partial charge < -0.3 is 5.11 Å². The number of carbonyl (C=O) groups is 2. The van der Waals surface area contributed by atoms with E-state index >= 15 is 0 Å². The number of aliphatic carboxylic acids is 1. The highest BCUT2D eigenvalue weighted by Crippen LogP contribution is 2.10. The second kappa shape index (κ2) is 15.9. The molecule has 4 nitrogen and oxygen atoms in total.